The minimum atomic E-state index is -0.0687. The third kappa shape index (κ3) is 3.71. The Kier molecular flexibility index (Phi) is 4.75. The molecule has 5 nitrogen and oxygen atoms in total. The number of carbonyl (C=O) groups is 1. The van der Waals surface area contributed by atoms with Crippen molar-refractivity contribution in [2.24, 2.45) is 12.8 Å². The first-order valence-electron chi connectivity index (χ1n) is 6.62. The summed E-state index contributed by atoms with van der Waals surface area (Å²) in [5, 5.41) is 4.10. The number of carbonyl (C=O) groups excluding carboxylic acids is 1. The van der Waals surface area contributed by atoms with E-state index >= 15 is 0 Å². The lowest BCUT2D eigenvalue weighted by Gasteiger charge is -2.17. The zero-order valence-electron chi connectivity index (χ0n) is 12.2. The van der Waals surface area contributed by atoms with Crippen LogP contribution in [0.1, 0.15) is 21.5 Å². The molecule has 0 bridgehead atoms. The van der Waals surface area contributed by atoms with Crippen molar-refractivity contribution in [2.75, 3.05) is 13.6 Å². The van der Waals surface area contributed by atoms with Crippen LogP contribution in [0.25, 0.3) is 0 Å². The number of aryl methyl sites for hydroxylation is 1. The van der Waals surface area contributed by atoms with Gasteiger partial charge in [-0.1, -0.05) is 24.0 Å². The molecule has 2 rings (SSSR count). The second kappa shape index (κ2) is 6.73. The second-order valence-corrected chi connectivity index (χ2v) is 4.73. The number of nitrogens with two attached hydrogens (primary N) is 1. The molecule has 108 valence electrons. The average molecular weight is 282 g/mol. The summed E-state index contributed by atoms with van der Waals surface area (Å²) in [6, 6.07) is 7.30. The van der Waals surface area contributed by atoms with Crippen LogP contribution in [-0.2, 0) is 13.6 Å². The molecule has 0 saturated carbocycles. The number of aromatic nitrogens is 2. The van der Waals surface area contributed by atoms with Crippen molar-refractivity contribution in [3.8, 4) is 11.8 Å². The maximum Gasteiger partial charge on any atom is 0.255 e. The molecule has 5 heteroatoms. The first-order valence-corrected chi connectivity index (χ1v) is 6.62. The zero-order valence-corrected chi connectivity index (χ0v) is 12.2. The molecular formula is C16H18N4O. The molecule has 1 amide bonds. The molecule has 0 spiro atoms. The third-order valence-corrected chi connectivity index (χ3v) is 3.01. The molecule has 0 saturated heterocycles. The van der Waals surface area contributed by atoms with Gasteiger partial charge in [0.1, 0.15) is 0 Å². The van der Waals surface area contributed by atoms with E-state index in [-0.39, 0.29) is 12.5 Å². The molecule has 0 aliphatic heterocycles. The lowest BCUT2D eigenvalue weighted by Crippen LogP contribution is -2.26. The molecule has 0 aliphatic carbocycles. The molecular weight excluding hydrogens is 264 g/mol. The molecule has 1 aromatic heterocycles. The van der Waals surface area contributed by atoms with Crippen LogP contribution in [0, 0.1) is 11.8 Å². The SMILES string of the molecule is CN(Cc1cnn(C)c1)C(=O)c1ccccc1C#CCN. The topological polar surface area (TPSA) is 64.2 Å². The summed E-state index contributed by atoms with van der Waals surface area (Å²) in [7, 11) is 3.62. The van der Waals surface area contributed by atoms with Crippen molar-refractivity contribution in [2.45, 2.75) is 6.54 Å². The number of rotatable bonds is 3. The number of benzene rings is 1. The third-order valence-electron chi connectivity index (χ3n) is 3.01. The fourth-order valence-corrected chi connectivity index (χ4v) is 2.03. The predicted molar refractivity (Wildman–Crippen MR) is 81.4 cm³/mol. The summed E-state index contributed by atoms with van der Waals surface area (Å²) in [6.45, 7) is 0.777. The van der Waals surface area contributed by atoms with E-state index in [9.17, 15) is 4.79 Å². The summed E-state index contributed by atoms with van der Waals surface area (Å²) in [4.78, 5) is 14.2. The Bertz CT molecular complexity index is 694. The fourth-order valence-electron chi connectivity index (χ4n) is 2.03. The molecule has 2 N–H and O–H groups in total. The van der Waals surface area contributed by atoms with Crippen molar-refractivity contribution in [1.82, 2.24) is 14.7 Å². The minimum Gasteiger partial charge on any atom is -0.337 e. The monoisotopic (exact) mass is 282 g/mol. The summed E-state index contributed by atoms with van der Waals surface area (Å²) in [6.07, 6.45) is 3.65. The maximum atomic E-state index is 12.5. The Balaban J connectivity index is 2.19. The van der Waals surface area contributed by atoms with Crippen molar-refractivity contribution in [3.63, 3.8) is 0 Å². The highest BCUT2D eigenvalue weighted by Crippen LogP contribution is 2.12. The predicted octanol–water partition coefficient (Wildman–Crippen LogP) is 1.00. The molecule has 1 aromatic carbocycles. The van der Waals surface area contributed by atoms with E-state index in [1.54, 1.807) is 28.9 Å². The van der Waals surface area contributed by atoms with Crippen molar-refractivity contribution in [3.05, 3.63) is 53.3 Å². The summed E-state index contributed by atoms with van der Waals surface area (Å²) >= 11 is 0. The Morgan fingerprint density at radius 3 is 2.86 bits per heavy atom. The van der Waals surface area contributed by atoms with Crippen LogP contribution in [0.3, 0.4) is 0 Å². The van der Waals surface area contributed by atoms with Crippen LogP contribution in [0.2, 0.25) is 0 Å². The van der Waals surface area contributed by atoms with Gasteiger partial charge in [-0.25, -0.2) is 0 Å². The van der Waals surface area contributed by atoms with Crippen molar-refractivity contribution >= 4 is 5.91 Å². The van der Waals surface area contributed by atoms with Crippen molar-refractivity contribution < 1.29 is 4.79 Å². The number of hydrogen-bond donors (Lipinski definition) is 1. The Morgan fingerprint density at radius 2 is 2.19 bits per heavy atom. The van der Waals surface area contributed by atoms with Crippen LogP contribution in [-0.4, -0.2) is 34.2 Å². The van der Waals surface area contributed by atoms with E-state index in [1.807, 2.05) is 31.4 Å². The van der Waals surface area contributed by atoms with Gasteiger partial charge in [0.2, 0.25) is 0 Å². The fraction of sp³-hybridized carbons (Fsp3) is 0.250. The van der Waals surface area contributed by atoms with Gasteiger partial charge < -0.3 is 10.6 Å². The zero-order chi connectivity index (χ0) is 15.2. The second-order valence-electron chi connectivity index (χ2n) is 4.73. The quantitative estimate of drug-likeness (QED) is 0.854. The Morgan fingerprint density at radius 1 is 1.43 bits per heavy atom. The Labute approximate surface area is 124 Å². The van der Waals surface area contributed by atoms with Gasteiger partial charge in [0.15, 0.2) is 0 Å². The van der Waals surface area contributed by atoms with Gasteiger partial charge >= 0.3 is 0 Å². The molecule has 21 heavy (non-hydrogen) atoms. The van der Waals surface area contributed by atoms with E-state index in [0.717, 1.165) is 5.56 Å². The molecule has 0 unspecified atom stereocenters. The van der Waals surface area contributed by atoms with Gasteiger partial charge in [0.05, 0.1) is 18.3 Å². The van der Waals surface area contributed by atoms with E-state index in [4.69, 9.17) is 5.73 Å². The highest BCUT2D eigenvalue weighted by Gasteiger charge is 2.15. The molecule has 0 radical (unpaired) electrons. The molecule has 1 heterocycles. The summed E-state index contributed by atoms with van der Waals surface area (Å²) in [5.41, 5.74) is 7.66. The molecule has 0 fully saturated rings. The summed E-state index contributed by atoms with van der Waals surface area (Å²) < 4.78 is 1.72. The van der Waals surface area contributed by atoms with Gasteiger partial charge in [-0.3, -0.25) is 9.48 Å². The van der Waals surface area contributed by atoms with Crippen molar-refractivity contribution in [1.29, 1.82) is 0 Å². The van der Waals surface area contributed by atoms with Gasteiger partial charge in [0.25, 0.3) is 5.91 Å². The number of amides is 1. The van der Waals surface area contributed by atoms with Crippen LogP contribution in [0.15, 0.2) is 36.7 Å². The first-order chi connectivity index (χ1) is 10.1. The van der Waals surface area contributed by atoms with Gasteiger partial charge in [0, 0.05) is 38.0 Å². The van der Waals surface area contributed by atoms with E-state index < -0.39 is 0 Å². The van der Waals surface area contributed by atoms with E-state index in [0.29, 0.717) is 17.7 Å². The van der Waals surface area contributed by atoms with E-state index in [1.165, 1.54) is 0 Å². The van der Waals surface area contributed by atoms with Gasteiger partial charge in [-0.2, -0.15) is 5.10 Å². The number of hydrogen-bond acceptors (Lipinski definition) is 3. The van der Waals surface area contributed by atoms with Gasteiger partial charge in [-0.05, 0) is 12.1 Å². The maximum absolute atomic E-state index is 12.5. The lowest BCUT2D eigenvalue weighted by molar-refractivity contribution is 0.0785. The molecule has 2 aromatic rings. The lowest BCUT2D eigenvalue weighted by atomic mass is 10.1. The smallest absolute Gasteiger partial charge is 0.255 e. The van der Waals surface area contributed by atoms with Crippen LogP contribution >= 0.6 is 0 Å². The highest BCUT2D eigenvalue weighted by molar-refractivity contribution is 5.96. The normalized spacial score (nSPS) is 9.86. The van der Waals surface area contributed by atoms with Crippen LogP contribution in [0.5, 0.6) is 0 Å². The summed E-state index contributed by atoms with van der Waals surface area (Å²) in [5.74, 6) is 5.65. The standard InChI is InChI=1S/C16H18N4O/c1-19(11-13-10-18-20(2)12-13)16(21)15-8-4-3-6-14(15)7-5-9-17/h3-4,6,8,10,12H,9,11,17H2,1-2H3. The minimum absolute atomic E-state index is 0.0687. The van der Waals surface area contributed by atoms with Gasteiger partial charge in [-0.15, -0.1) is 0 Å². The highest BCUT2D eigenvalue weighted by atomic mass is 16.2. The molecule has 0 atom stereocenters. The van der Waals surface area contributed by atoms with E-state index in [2.05, 4.69) is 16.9 Å². The first kappa shape index (κ1) is 14.8. The largest absolute Gasteiger partial charge is 0.337 e. The average Bonchev–Trinajstić information content (AvgIpc) is 2.89. The van der Waals surface area contributed by atoms with Crippen LogP contribution < -0.4 is 5.73 Å². The molecule has 0 aliphatic rings. The van der Waals surface area contributed by atoms with Crippen LogP contribution in [0.4, 0.5) is 0 Å². The Hall–Kier alpha value is -2.58. The number of nitrogens with zero attached hydrogens (tertiary/aromatic N) is 3.